The van der Waals surface area contributed by atoms with E-state index in [-0.39, 0.29) is 24.0 Å². The molecular formula is C20H19FN4O2. The van der Waals surface area contributed by atoms with E-state index in [1.54, 1.807) is 32.2 Å². The predicted molar refractivity (Wildman–Crippen MR) is 101 cm³/mol. The first-order chi connectivity index (χ1) is 13.0. The summed E-state index contributed by atoms with van der Waals surface area (Å²) in [6, 6.07) is 14.9. The molecule has 3 aromatic rings. The highest BCUT2D eigenvalue weighted by Crippen LogP contribution is 2.26. The number of benzene rings is 2. The second-order valence-electron chi connectivity index (χ2n) is 5.82. The highest BCUT2D eigenvalue weighted by molar-refractivity contribution is 5.93. The molecule has 3 rings (SSSR count). The van der Waals surface area contributed by atoms with Gasteiger partial charge < -0.3 is 15.4 Å². The van der Waals surface area contributed by atoms with Crippen molar-refractivity contribution in [1.29, 1.82) is 0 Å². The number of hydrogen-bond acceptors (Lipinski definition) is 5. The molecule has 7 heteroatoms. The van der Waals surface area contributed by atoms with Crippen LogP contribution in [0.3, 0.4) is 0 Å². The van der Waals surface area contributed by atoms with Gasteiger partial charge in [0.2, 0.25) is 0 Å². The topological polar surface area (TPSA) is 76.1 Å². The second-order valence-corrected chi connectivity index (χ2v) is 5.82. The number of carbonyl (C=O) groups is 1. The Bertz CT molecular complexity index is 945. The van der Waals surface area contributed by atoms with Crippen molar-refractivity contribution in [1.82, 2.24) is 15.3 Å². The van der Waals surface area contributed by atoms with Crippen LogP contribution in [0.1, 0.15) is 21.9 Å². The molecular weight excluding hydrogens is 347 g/mol. The summed E-state index contributed by atoms with van der Waals surface area (Å²) in [5.74, 6) is 0.952. The molecule has 0 radical (unpaired) electrons. The summed E-state index contributed by atoms with van der Waals surface area (Å²) in [7, 11) is 1.58. The number of ether oxygens (including phenoxy) is 1. The largest absolute Gasteiger partial charge is 0.495 e. The van der Waals surface area contributed by atoms with E-state index in [0.29, 0.717) is 17.4 Å². The number of carbonyl (C=O) groups excluding carboxylic acids is 1. The molecule has 6 nitrogen and oxygen atoms in total. The van der Waals surface area contributed by atoms with Gasteiger partial charge in [0.1, 0.15) is 28.9 Å². The van der Waals surface area contributed by atoms with Crippen molar-refractivity contribution in [3.8, 4) is 5.75 Å². The Morgan fingerprint density at radius 3 is 2.59 bits per heavy atom. The van der Waals surface area contributed by atoms with E-state index in [0.717, 1.165) is 11.3 Å². The third-order valence-electron chi connectivity index (χ3n) is 3.81. The van der Waals surface area contributed by atoms with Gasteiger partial charge in [-0.25, -0.2) is 14.4 Å². The number of nitrogens with zero attached hydrogens (tertiary/aromatic N) is 2. The normalized spacial score (nSPS) is 10.3. The van der Waals surface area contributed by atoms with Crippen LogP contribution in [0.25, 0.3) is 0 Å². The molecule has 0 aliphatic heterocycles. The molecule has 0 unspecified atom stereocenters. The fourth-order valence-electron chi connectivity index (χ4n) is 2.51. The lowest BCUT2D eigenvalue weighted by Gasteiger charge is -2.12. The number of amides is 1. The van der Waals surface area contributed by atoms with E-state index >= 15 is 0 Å². The molecule has 0 saturated carbocycles. The van der Waals surface area contributed by atoms with Crippen LogP contribution in [0.4, 0.5) is 15.9 Å². The van der Waals surface area contributed by atoms with Gasteiger partial charge in [-0.2, -0.15) is 0 Å². The predicted octanol–water partition coefficient (Wildman–Crippen LogP) is 3.61. The second kappa shape index (κ2) is 8.27. The molecule has 138 valence electrons. The third-order valence-corrected chi connectivity index (χ3v) is 3.81. The van der Waals surface area contributed by atoms with E-state index in [1.165, 1.54) is 12.1 Å². The van der Waals surface area contributed by atoms with Gasteiger partial charge in [-0.1, -0.05) is 24.3 Å². The number of rotatable bonds is 6. The maximum Gasteiger partial charge on any atom is 0.270 e. The van der Waals surface area contributed by atoms with Crippen LogP contribution in [-0.2, 0) is 6.54 Å². The van der Waals surface area contributed by atoms with Gasteiger partial charge in [0.15, 0.2) is 0 Å². The summed E-state index contributed by atoms with van der Waals surface area (Å²) in [5, 5.41) is 5.91. The van der Waals surface area contributed by atoms with Crippen molar-refractivity contribution in [2.24, 2.45) is 0 Å². The highest BCUT2D eigenvalue weighted by Gasteiger charge is 2.12. The van der Waals surface area contributed by atoms with Crippen molar-refractivity contribution in [2.75, 3.05) is 12.4 Å². The molecule has 2 N–H and O–H groups in total. The molecule has 0 atom stereocenters. The van der Waals surface area contributed by atoms with Crippen LogP contribution in [0.5, 0.6) is 5.75 Å². The Labute approximate surface area is 156 Å². The lowest BCUT2D eigenvalue weighted by atomic mass is 10.2. The molecule has 1 aromatic heterocycles. The molecule has 0 spiro atoms. The first-order valence-corrected chi connectivity index (χ1v) is 8.33. The summed E-state index contributed by atoms with van der Waals surface area (Å²) in [6.07, 6.45) is 0. The molecule has 1 amide bonds. The minimum absolute atomic E-state index is 0.238. The summed E-state index contributed by atoms with van der Waals surface area (Å²) in [4.78, 5) is 20.9. The van der Waals surface area contributed by atoms with Crippen molar-refractivity contribution >= 4 is 17.4 Å². The summed E-state index contributed by atoms with van der Waals surface area (Å²) >= 11 is 0. The molecule has 0 fully saturated rings. The third kappa shape index (κ3) is 4.78. The van der Waals surface area contributed by atoms with Gasteiger partial charge in [-0.15, -0.1) is 0 Å². The van der Waals surface area contributed by atoms with Crippen molar-refractivity contribution in [3.05, 3.63) is 77.5 Å². The Balaban J connectivity index is 1.74. The van der Waals surface area contributed by atoms with E-state index < -0.39 is 0 Å². The van der Waals surface area contributed by atoms with Crippen LogP contribution in [0, 0.1) is 12.7 Å². The van der Waals surface area contributed by atoms with Crippen LogP contribution in [0.15, 0.2) is 54.6 Å². The molecule has 0 bridgehead atoms. The molecule has 1 heterocycles. The highest BCUT2D eigenvalue weighted by atomic mass is 19.1. The maximum atomic E-state index is 13.0. The Morgan fingerprint density at radius 1 is 1.11 bits per heavy atom. The SMILES string of the molecule is COc1ccccc1Nc1cc(C(=O)NCc2ccc(F)cc2)nc(C)n1. The van der Waals surface area contributed by atoms with Crippen LogP contribution in [0.2, 0.25) is 0 Å². The average Bonchev–Trinajstić information content (AvgIpc) is 2.67. The minimum atomic E-state index is -0.340. The first-order valence-electron chi connectivity index (χ1n) is 8.33. The van der Waals surface area contributed by atoms with E-state index in [2.05, 4.69) is 20.6 Å². The number of nitrogens with one attached hydrogen (secondary N) is 2. The molecule has 0 aliphatic carbocycles. The maximum absolute atomic E-state index is 13.0. The molecule has 2 aromatic carbocycles. The number of hydrogen-bond donors (Lipinski definition) is 2. The first kappa shape index (κ1) is 18.3. The van der Waals surface area contributed by atoms with Gasteiger partial charge in [-0.05, 0) is 36.8 Å². The lowest BCUT2D eigenvalue weighted by Crippen LogP contribution is -2.24. The standard InChI is InChI=1S/C20H19FN4O2/c1-13-23-17(20(26)22-12-14-7-9-15(21)10-8-14)11-19(24-13)25-16-5-3-4-6-18(16)27-2/h3-11H,12H2,1-2H3,(H,22,26)(H,23,24,25). The fraction of sp³-hybridized carbons (Fsp3) is 0.150. The molecule has 0 saturated heterocycles. The summed E-state index contributed by atoms with van der Waals surface area (Å²) in [6.45, 7) is 1.99. The molecule has 0 aliphatic rings. The number of anilines is 2. The van der Waals surface area contributed by atoms with Gasteiger partial charge in [0, 0.05) is 12.6 Å². The van der Waals surface area contributed by atoms with Gasteiger partial charge >= 0.3 is 0 Å². The molecule has 27 heavy (non-hydrogen) atoms. The van der Waals surface area contributed by atoms with Crippen LogP contribution < -0.4 is 15.4 Å². The van der Waals surface area contributed by atoms with Crippen molar-refractivity contribution < 1.29 is 13.9 Å². The average molecular weight is 366 g/mol. The zero-order valence-corrected chi connectivity index (χ0v) is 15.0. The number of halogens is 1. The summed E-state index contributed by atoms with van der Waals surface area (Å²) in [5.41, 5.74) is 1.76. The Morgan fingerprint density at radius 2 is 1.85 bits per heavy atom. The number of para-hydroxylation sites is 2. The van der Waals surface area contributed by atoms with E-state index in [9.17, 15) is 9.18 Å². The van der Waals surface area contributed by atoms with Gasteiger partial charge in [0.05, 0.1) is 12.8 Å². The van der Waals surface area contributed by atoms with Crippen LogP contribution in [-0.4, -0.2) is 23.0 Å². The van der Waals surface area contributed by atoms with Gasteiger partial charge in [0.25, 0.3) is 5.91 Å². The minimum Gasteiger partial charge on any atom is -0.495 e. The summed E-state index contributed by atoms with van der Waals surface area (Å²) < 4.78 is 18.3. The smallest absolute Gasteiger partial charge is 0.270 e. The Kier molecular flexibility index (Phi) is 5.61. The number of aryl methyl sites for hydroxylation is 1. The van der Waals surface area contributed by atoms with Crippen LogP contribution >= 0.6 is 0 Å². The quantitative estimate of drug-likeness (QED) is 0.697. The number of aromatic nitrogens is 2. The fourth-order valence-corrected chi connectivity index (χ4v) is 2.51. The van der Waals surface area contributed by atoms with E-state index in [4.69, 9.17) is 4.74 Å². The van der Waals surface area contributed by atoms with Gasteiger partial charge in [-0.3, -0.25) is 4.79 Å². The lowest BCUT2D eigenvalue weighted by molar-refractivity contribution is 0.0945. The zero-order valence-electron chi connectivity index (χ0n) is 15.0. The van der Waals surface area contributed by atoms with E-state index in [1.807, 2.05) is 24.3 Å². The van der Waals surface area contributed by atoms with Crippen molar-refractivity contribution in [2.45, 2.75) is 13.5 Å². The monoisotopic (exact) mass is 366 g/mol. The van der Waals surface area contributed by atoms with Crippen molar-refractivity contribution in [3.63, 3.8) is 0 Å². The Hall–Kier alpha value is -3.48. The number of methoxy groups -OCH3 is 1. The zero-order chi connectivity index (χ0) is 19.2.